The Hall–Kier alpha value is -2.43. The number of hydrogen-bond donors (Lipinski definition) is 0. The monoisotopic (exact) mass is 301 g/mol. The molecule has 0 fully saturated rings. The van der Waals surface area contributed by atoms with E-state index >= 15 is 0 Å². The van der Waals surface area contributed by atoms with Crippen LogP contribution in [0.4, 0.5) is 0 Å². The molecule has 0 unspecified atom stereocenters. The molecule has 2 aromatic rings. The number of benzene rings is 1. The van der Waals surface area contributed by atoms with E-state index in [1.165, 1.54) is 0 Å². The number of esters is 1. The van der Waals surface area contributed by atoms with Crippen LogP contribution in [0.3, 0.4) is 0 Å². The molecule has 0 saturated carbocycles. The highest BCUT2D eigenvalue weighted by Crippen LogP contribution is 2.26. The molecule has 0 N–H and O–H groups in total. The Morgan fingerprint density at radius 3 is 2.41 bits per heavy atom. The van der Waals surface area contributed by atoms with Crippen LogP contribution in [-0.2, 0) is 9.53 Å². The molecule has 0 atom stereocenters. The molecule has 116 valence electrons. The van der Waals surface area contributed by atoms with Gasteiger partial charge in [0, 0.05) is 11.0 Å². The average Bonchev–Trinajstić information content (AvgIpc) is 2.86. The highest BCUT2D eigenvalue weighted by molar-refractivity contribution is 5.98. The summed E-state index contributed by atoms with van der Waals surface area (Å²) in [6.07, 6.45) is 0. The number of aryl methyl sites for hydroxylation is 1. The predicted molar refractivity (Wildman–Crippen MR) is 81.4 cm³/mol. The Labute approximate surface area is 129 Å². The zero-order valence-electron chi connectivity index (χ0n) is 13.2. The van der Waals surface area contributed by atoms with Gasteiger partial charge in [-0.05, 0) is 6.92 Å². The number of carbonyl (C=O) groups excluding carboxylic acids is 2. The summed E-state index contributed by atoms with van der Waals surface area (Å²) >= 11 is 0. The molecule has 0 bridgehead atoms. The number of aromatic nitrogens is 1. The zero-order valence-corrected chi connectivity index (χ0v) is 13.2. The molecule has 5 heteroatoms. The van der Waals surface area contributed by atoms with Crippen LogP contribution in [0, 0.1) is 12.3 Å². The first-order chi connectivity index (χ1) is 10.3. The molecule has 0 spiro atoms. The fourth-order valence-electron chi connectivity index (χ4n) is 1.83. The Kier molecular flexibility index (Phi) is 4.45. The number of carbonyl (C=O) groups is 2. The second-order valence-electron chi connectivity index (χ2n) is 6.08. The standard InChI is InChI=1S/C17H19NO4/c1-11-14(16(20)21-10-13(19)17(2,3)4)15(18-22-11)12-8-6-5-7-9-12/h5-9H,10H2,1-4H3. The zero-order chi connectivity index (χ0) is 16.3. The summed E-state index contributed by atoms with van der Waals surface area (Å²) in [5.41, 5.74) is 0.888. The topological polar surface area (TPSA) is 69.4 Å². The number of ketones is 1. The maximum absolute atomic E-state index is 12.3. The van der Waals surface area contributed by atoms with E-state index < -0.39 is 11.4 Å². The molecule has 22 heavy (non-hydrogen) atoms. The van der Waals surface area contributed by atoms with Crippen molar-refractivity contribution >= 4 is 11.8 Å². The highest BCUT2D eigenvalue weighted by atomic mass is 16.5. The van der Waals surface area contributed by atoms with E-state index in [4.69, 9.17) is 9.26 Å². The third-order valence-electron chi connectivity index (χ3n) is 3.28. The van der Waals surface area contributed by atoms with Crippen molar-refractivity contribution in [3.05, 3.63) is 41.7 Å². The van der Waals surface area contributed by atoms with Crippen molar-refractivity contribution in [3.63, 3.8) is 0 Å². The van der Waals surface area contributed by atoms with E-state index in [0.717, 1.165) is 5.56 Å². The smallest absolute Gasteiger partial charge is 0.344 e. The van der Waals surface area contributed by atoms with E-state index in [1.807, 2.05) is 30.3 Å². The van der Waals surface area contributed by atoms with E-state index in [2.05, 4.69) is 5.16 Å². The molecule has 1 aromatic carbocycles. The van der Waals surface area contributed by atoms with Crippen molar-refractivity contribution in [2.24, 2.45) is 5.41 Å². The minimum absolute atomic E-state index is 0.142. The molecule has 0 amide bonds. The number of hydrogen-bond acceptors (Lipinski definition) is 5. The second-order valence-corrected chi connectivity index (χ2v) is 6.08. The minimum atomic E-state index is -0.602. The molecule has 5 nitrogen and oxygen atoms in total. The van der Waals surface area contributed by atoms with Crippen molar-refractivity contribution in [3.8, 4) is 11.3 Å². The van der Waals surface area contributed by atoms with Crippen LogP contribution >= 0.6 is 0 Å². The molecular weight excluding hydrogens is 282 g/mol. The molecule has 0 aliphatic heterocycles. The normalized spacial score (nSPS) is 11.3. The third kappa shape index (κ3) is 3.42. The summed E-state index contributed by atoms with van der Waals surface area (Å²) in [6, 6.07) is 9.22. The van der Waals surface area contributed by atoms with E-state index in [1.54, 1.807) is 27.7 Å². The van der Waals surface area contributed by atoms with Crippen LogP contribution in [-0.4, -0.2) is 23.5 Å². The highest BCUT2D eigenvalue weighted by Gasteiger charge is 2.26. The van der Waals surface area contributed by atoms with Gasteiger partial charge in [0.05, 0.1) is 0 Å². The first kappa shape index (κ1) is 15.9. The van der Waals surface area contributed by atoms with Gasteiger partial charge in [-0.2, -0.15) is 0 Å². The lowest BCUT2D eigenvalue weighted by molar-refractivity contribution is -0.129. The lowest BCUT2D eigenvalue weighted by atomic mass is 9.91. The molecule has 2 rings (SSSR count). The van der Waals surface area contributed by atoms with Gasteiger partial charge in [-0.1, -0.05) is 56.3 Å². The van der Waals surface area contributed by atoms with Crippen LogP contribution in [0.25, 0.3) is 11.3 Å². The minimum Gasteiger partial charge on any atom is -0.454 e. The largest absolute Gasteiger partial charge is 0.454 e. The number of ether oxygens (including phenoxy) is 1. The maximum Gasteiger partial charge on any atom is 0.344 e. The molecule has 0 aliphatic carbocycles. The average molecular weight is 301 g/mol. The van der Waals surface area contributed by atoms with Crippen LogP contribution in [0.1, 0.15) is 36.9 Å². The summed E-state index contributed by atoms with van der Waals surface area (Å²) in [7, 11) is 0. The van der Waals surface area contributed by atoms with Crippen molar-refractivity contribution in [2.45, 2.75) is 27.7 Å². The van der Waals surface area contributed by atoms with Crippen LogP contribution in [0.2, 0.25) is 0 Å². The summed E-state index contributed by atoms with van der Waals surface area (Å²) < 4.78 is 10.2. The number of nitrogens with zero attached hydrogens (tertiary/aromatic N) is 1. The van der Waals surface area contributed by atoms with Gasteiger partial charge in [0.25, 0.3) is 0 Å². The lowest BCUT2D eigenvalue weighted by Crippen LogP contribution is -2.26. The fourth-order valence-corrected chi connectivity index (χ4v) is 1.83. The molecule has 1 aromatic heterocycles. The van der Waals surface area contributed by atoms with Crippen LogP contribution in [0.15, 0.2) is 34.9 Å². The number of rotatable bonds is 4. The molecule has 0 aliphatic rings. The van der Waals surface area contributed by atoms with Gasteiger partial charge in [0.1, 0.15) is 17.0 Å². The predicted octanol–water partition coefficient (Wildman–Crippen LogP) is 3.42. The van der Waals surface area contributed by atoms with Crippen molar-refractivity contribution in [1.29, 1.82) is 0 Å². The van der Waals surface area contributed by atoms with Gasteiger partial charge in [-0.15, -0.1) is 0 Å². The van der Waals surface area contributed by atoms with Crippen molar-refractivity contribution in [2.75, 3.05) is 6.61 Å². The summed E-state index contributed by atoms with van der Waals surface area (Å²) in [4.78, 5) is 24.1. The first-order valence-corrected chi connectivity index (χ1v) is 7.03. The Balaban J connectivity index is 2.21. The van der Waals surface area contributed by atoms with Gasteiger partial charge in [0.2, 0.25) is 0 Å². The second kappa shape index (κ2) is 6.13. The van der Waals surface area contributed by atoms with Gasteiger partial charge in [0.15, 0.2) is 12.4 Å². The summed E-state index contributed by atoms with van der Waals surface area (Å²) in [6.45, 7) is 6.72. The Morgan fingerprint density at radius 2 is 1.82 bits per heavy atom. The summed E-state index contributed by atoms with van der Waals surface area (Å²) in [5.74, 6) is -0.376. The van der Waals surface area contributed by atoms with Crippen molar-refractivity contribution in [1.82, 2.24) is 5.16 Å². The van der Waals surface area contributed by atoms with E-state index in [0.29, 0.717) is 11.5 Å². The first-order valence-electron chi connectivity index (χ1n) is 7.03. The molecule has 1 heterocycles. The molecular formula is C17H19NO4. The van der Waals surface area contributed by atoms with Gasteiger partial charge >= 0.3 is 5.97 Å². The van der Waals surface area contributed by atoms with E-state index in [9.17, 15) is 9.59 Å². The van der Waals surface area contributed by atoms with E-state index in [-0.39, 0.29) is 18.0 Å². The lowest BCUT2D eigenvalue weighted by Gasteiger charge is -2.16. The summed E-state index contributed by atoms with van der Waals surface area (Å²) in [5, 5.41) is 3.92. The molecule has 0 saturated heterocycles. The van der Waals surface area contributed by atoms with Gasteiger partial charge < -0.3 is 9.26 Å². The Morgan fingerprint density at radius 1 is 1.18 bits per heavy atom. The quantitative estimate of drug-likeness (QED) is 0.809. The molecule has 0 radical (unpaired) electrons. The SMILES string of the molecule is Cc1onc(-c2ccccc2)c1C(=O)OCC(=O)C(C)(C)C. The van der Waals surface area contributed by atoms with Gasteiger partial charge in [-0.3, -0.25) is 4.79 Å². The number of Topliss-reactive ketones (excluding diaryl/α,β-unsaturated/α-hetero) is 1. The Bertz CT molecular complexity index is 680. The van der Waals surface area contributed by atoms with Crippen LogP contribution < -0.4 is 0 Å². The maximum atomic E-state index is 12.3. The third-order valence-corrected chi connectivity index (χ3v) is 3.28. The fraction of sp³-hybridized carbons (Fsp3) is 0.353. The van der Waals surface area contributed by atoms with Crippen LogP contribution in [0.5, 0.6) is 0 Å². The van der Waals surface area contributed by atoms with Gasteiger partial charge in [-0.25, -0.2) is 4.79 Å². The van der Waals surface area contributed by atoms with Crippen molar-refractivity contribution < 1.29 is 18.8 Å².